The number of carbonyl (C=O) groups excluding carboxylic acids is 3. The van der Waals surface area contributed by atoms with Gasteiger partial charge < -0.3 is 14.1 Å². The number of ether oxygens (including phenoxy) is 1. The normalized spacial score (nSPS) is 16.5. The number of anilines is 1. The number of amides is 4. The number of barbiturate groups is 1. The summed E-state index contributed by atoms with van der Waals surface area (Å²) in [5.74, 6) is 0.174. The van der Waals surface area contributed by atoms with Gasteiger partial charge >= 0.3 is 6.03 Å². The van der Waals surface area contributed by atoms with Crippen LogP contribution in [0.15, 0.2) is 83.6 Å². The maximum Gasteiger partial charge on any atom is 0.328 e. The molecule has 6 rings (SSSR count). The minimum atomic E-state index is -1.46. The Balaban J connectivity index is 1.16. The Morgan fingerprint density at radius 2 is 1.65 bits per heavy atom. The molecule has 2 aromatic carbocycles. The molecule has 4 heterocycles. The average molecular weight is 495 g/mol. The third-order valence-electron chi connectivity index (χ3n) is 6.52. The molecule has 2 fully saturated rings. The van der Waals surface area contributed by atoms with E-state index in [2.05, 4.69) is 20.6 Å². The van der Waals surface area contributed by atoms with E-state index in [1.807, 2.05) is 42.5 Å². The molecule has 0 unspecified atom stereocenters. The van der Waals surface area contributed by atoms with Gasteiger partial charge in [-0.05, 0) is 43.2 Å². The van der Waals surface area contributed by atoms with E-state index in [-0.39, 0.29) is 0 Å². The zero-order valence-electron chi connectivity index (χ0n) is 19.5. The molecule has 0 atom stereocenters. The minimum Gasteiger partial charge on any atom is -0.444 e. The van der Waals surface area contributed by atoms with Crippen molar-refractivity contribution in [1.29, 1.82) is 0 Å². The summed E-state index contributed by atoms with van der Waals surface area (Å²) >= 11 is 0. The molecule has 4 aromatic rings. The van der Waals surface area contributed by atoms with Gasteiger partial charge in [0.25, 0.3) is 11.8 Å². The molecule has 10 heteroatoms. The number of nitrogens with zero attached hydrogens (tertiary/aromatic N) is 3. The van der Waals surface area contributed by atoms with Gasteiger partial charge in [-0.25, -0.2) is 14.8 Å². The van der Waals surface area contributed by atoms with Gasteiger partial charge in [-0.3, -0.25) is 20.2 Å². The van der Waals surface area contributed by atoms with Crippen LogP contribution in [0.5, 0.6) is 11.6 Å². The summed E-state index contributed by atoms with van der Waals surface area (Å²) in [6, 6.07) is 19.7. The van der Waals surface area contributed by atoms with Gasteiger partial charge in [0.1, 0.15) is 17.7 Å². The fraction of sp³-hybridized carbons (Fsp3) is 0.148. The lowest BCUT2D eigenvalue weighted by molar-refractivity contribution is -0.137. The van der Waals surface area contributed by atoms with Gasteiger partial charge in [0.2, 0.25) is 11.8 Å². The van der Waals surface area contributed by atoms with Crippen LogP contribution in [0.1, 0.15) is 12.8 Å². The molecule has 2 saturated heterocycles. The van der Waals surface area contributed by atoms with Gasteiger partial charge in [-0.2, -0.15) is 0 Å². The van der Waals surface area contributed by atoms with Crippen LogP contribution in [0.4, 0.5) is 10.5 Å². The maximum atomic E-state index is 12.6. The van der Waals surface area contributed by atoms with E-state index in [0.29, 0.717) is 42.6 Å². The third kappa shape index (κ3) is 3.98. The van der Waals surface area contributed by atoms with Crippen molar-refractivity contribution in [2.24, 2.45) is 0 Å². The molecule has 2 aliphatic heterocycles. The number of aromatic nitrogens is 2. The molecular weight excluding hydrogens is 474 g/mol. The van der Waals surface area contributed by atoms with Crippen molar-refractivity contribution >= 4 is 23.5 Å². The van der Waals surface area contributed by atoms with Crippen LogP contribution in [0, 0.1) is 0 Å². The van der Waals surface area contributed by atoms with Crippen molar-refractivity contribution in [2.75, 3.05) is 11.4 Å². The van der Waals surface area contributed by atoms with Crippen molar-refractivity contribution in [1.82, 2.24) is 20.6 Å². The summed E-state index contributed by atoms with van der Waals surface area (Å²) in [5, 5.41) is 4.41. The molecule has 0 radical (unpaired) electrons. The van der Waals surface area contributed by atoms with Gasteiger partial charge in [-0.15, -0.1) is 0 Å². The van der Waals surface area contributed by atoms with Crippen molar-refractivity contribution in [3.63, 3.8) is 0 Å². The number of hydrogen-bond donors (Lipinski definition) is 2. The Kier molecular flexibility index (Phi) is 5.41. The molecule has 37 heavy (non-hydrogen) atoms. The highest BCUT2D eigenvalue weighted by molar-refractivity contribution is 6.24. The predicted molar refractivity (Wildman–Crippen MR) is 133 cm³/mol. The SMILES string of the molecule is O=C1NC(=O)C2(CCCN2c2ccc(Oc3ccc(-c4nc(-c5ccccc5)co4)cc3)nc2)C(=O)N1. The summed E-state index contributed by atoms with van der Waals surface area (Å²) < 4.78 is 11.5. The first kappa shape index (κ1) is 22.5. The molecule has 1 spiro atoms. The van der Waals surface area contributed by atoms with Crippen LogP contribution >= 0.6 is 0 Å². The first-order valence-corrected chi connectivity index (χ1v) is 11.7. The zero-order valence-corrected chi connectivity index (χ0v) is 19.5. The Morgan fingerprint density at radius 3 is 2.35 bits per heavy atom. The summed E-state index contributed by atoms with van der Waals surface area (Å²) in [6.45, 7) is 0.477. The van der Waals surface area contributed by atoms with Crippen LogP contribution in [0.2, 0.25) is 0 Å². The number of benzene rings is 2. The summed E-state index contributed by atoms with van der Waals surface area (Å²) in [4.78, 5) is 47.4. The van der Waals surface area contributed by atoms with E-state index in [4.69, 9.17) is 9.15 Å². The van der Waals surface area contributed by atoms with E-state index >= 15 is 0 Å². The molecule has 0 aliphatic carbocycles. The Bertz CT molecular complexity index is 1460. The van der Waals surface area contributed by atoms with Gasteiger partial charge in [0.05, 0.1) is 11.9 Å². The molecule has 4 amide bonds. The Labute approximate surface area is 211 Å². The number of hydrogen-bond acceptors (Lipinski definition) is 8. The van der Waals surface area contributed by atoms with Crippen molar-refractivity contribution in [3.8, 4) is 34.3 Å². The maximum absolute atomic E-state index is 12.6. The zero-order chi connectivity index (χ0) is 25.4. The monoisotopic (exact) mass is 495 g/mol. The summed E-state index contributed by atoms with van der Waals surface area (Å²) in [7, 11) is 0. The average Bonchev–Trinajstić information content (AvgIpc) is 3.58. The first-order chi connectivity index (χ1) is 18.0. The van der Waals surface area contributed by atoms with Gasteiger partial charge in [-0.1, -0.05) is 30.3 Å². The molecule has 2 N–H and O–H groups in total. The summed E-state index contributed by atoms with van der Waals surface area (Å²) in [5.41, 5.74) is 1.66. The fourth-order valence-electron chi connectivity index (χ4n) is 4.71. The molecule has 2 aliphatic rings. The van der Waals surface area contributed by atoms with E-state index in [0.717, 1.165) is 16.8 Å². The summed E-state index contributed by atoms with van der Waals surface area (Å²) in [6.07, 6.45) is 4.10. The number of rotatable bonds is 5. The second kappa shape index (κ2) is 8.90. The molecule has 2 aromatic heterocycles. The number of carbonyl (C=O) groups is 3. The lowest BCUT2D eigenvalue weighted by Crippen LogP contribution is -2.71. The molecule has 184 valence electrons. The van der Waals surface area contributed by atoms with Crippen molar-refractivity contribution in [2.45, 2.75) is 18.4 Å². The number of urea groups is 1. The highest BCUT2D eigenvalue weighted by atomic mass is 16.5. The smallest absolute Gasteiger partial charge is 0.328 e. The number of nitrogens with one attached hydrogen (secondary N) is 2. The highest BCUT2D eigenvalue weighted by Gasteiger charge is 2.57. The van der Waals surface area contributed by atoms with Crippen LogP contribution in [0.25, 0.3) is 22.7 Å². The topological polar surface area (TPSA) is 127 Å². The lowest BCUT2D eigenvalue weighted by Gasteiger charge is -2.38. The minimum absolute atomic E-state index is 0.305. The largest absolute Gasteiger partial charge is 0.444 e. The van der Waals surface area contributed by atoms with E-state index in [1.54, 1.807) is 41.6 Å². The molecule has 0 bridgehead atoms. The highest BCUT2D eigenvalue weighted by Crippen LogP contribution is 2.36. The number of oxazole rings is 1. The predicted octanol–water partition coefficient (Wildman–Crippen LogP) is 3.90. The molecule has 10 nitrogen and oxygen atoms in total. The Hall–Kier alpha value is -4.99. The molecular formula is C27H21N5O5. The fourth-order valence-corrected chi connectivity index (χ4v) is 4.71. The number of imide groups is 2. The second-order valence-electron chi connectivity index (χ2n) is 8.74. The van der Waals surface area contributed by atoms with Gasteiger partial charge in [0, 0.05) is 23.7 Å². The number of pyridine rings is 1. The van der Waals surface area contributed by atoms with E-state index in [9.17, 15) is 14.4 Å². The van der Waals surface area contributed by atoms with Crippen LogP contribution in [-0.2, 0) is 9.59 Å². The molecule has 0 saturated carbocycles. The van der Waals surface area contributed by atoms with Crippen molar-refractivity contribution < 1.29 is 23.5 Å². The quantitative estimate of drug-likeness (QED) is 0.399. The second-order valence-corrected chi connectivity index (χ2v) is 8.74. The van der Waals surface area contributed by atoms with Crippen LogP contribution in [0.3, 0.4) is 0 Å². The van der Waals surface area contributed by atoms with Crippen LogP contribution < -0.4 is 20.3 Å². The van der Waals surface area contributed by atoms with E-state index in [1.165, 1.54) is 0 Å². The van der Waals surface area contributed by atoms with Crippen LogP contribution in [-0.4, -0.2) is 39.9 Å². The first-order valence-electron chi connectivity index (χ1n) is 11.7. The van der Waals surface area contributed by atoms with Gasteiger partial charge in [0.15, 0.2) is 5.54 Å². The third-order valence-corrected chi connectivity index (χ3v) is 6.52. The standard InChI is InChI=1S/C27H21N5O5/c33-24-27(25(34)31-26(35)30-24)13-4-14-32(27)19-9-12-22(28-15-19)37-20-10-7-18(8-11-20)23-29-21(16-36-23)17-5-2-1-3-6-17/h1-3,5-12,15-16H,4,13-14H2,(H2,30,31,33,34,35). The Morgan fingerprint density at radius 1 is 0.892 bits per heavy atom. The van der Waals surface area contributed by atoms with E-state index < -0.39 is 23.4 Å². The van der Waals surface area contributed by atoms with Crippen molar-refractivity contribution in [3.05, 3.63) is 79.2 Å². The lowest BCUT2D eigenvalue weighted by atomic mass is 9.92.